The van der Waals surface area contributed by atoms with Gasteiger partial charge in [-0.25, -0.2) is 0 Å². The van der Waals surface area contributed by atoms with Crippen molar-refractivity contribution in [1.29, 1.82) is 0 Å². The highest BCUT2D eigenvalue weighted by atomic mass is 79.9. The zero-order valence-corrected chi connectivity index (χ0v) is 17.0. The van der Waals surface area contributed by atoms with Crippen molar-refractivity contribution < 1.29 is 19.1 Å². The number of carbonyl (C=O) groups is 2. The molecule has 0 fully saturated rings. The van der Waals surface area contributed by atoms with Crippen LogP contribution in [0.3, 0.4) is 0 Å². The predicted octanol–water partition coefficient (Wildman–Crippen LogP) is 3.59. The molecule has 0 saturated heterocycles. The second kappa shape index (κ2) is 9.86. The Balaban J connectivity index is 1.85. The van der Waals surface area contributed by atoms with Gasteiger partial charge in [-0.15, -0.1) is 0 Å². The first-order valence-electron chi connectivity index (χ1n) is 8.90. The van der Waals surface area contributed by atoms with Crippen LogP contribution in [-0.4, -0.2) is 30.1 Å². The molecule has 0 radical (unpaired) electrons. The quantitative estimate of drug-likeness (QED) is 0.475. The first-order chi connectivity index (χ1) is 14.1. The Kier molecular flexibility index (Phi) is 6.99. The van der Waals surface area contributed by atoms with Crippen molar-refractivity contribution in [1.82, 2.24) is 10.6 Å². The molecule has 3 N–H and O–H groups in total. The van der Waals surface area contributed by atoms with Gasteiger partial charge in [-0.3, -0.25) is 9.59 Å². The molecule has 1 heterocycles. The fraction of sp³-hybridized carbons (Fsp3) is 0.0909. The molecular weight excluding hydrogens is 436 g/mol. The van der Waals surface area contributed by atoms with Crippen molar-refractivity contribution in [2.45, 2.75) is 0 Å². The second-order valence-electron chi connectivity index (χ2n) is 6.07. The van der Waals surface area contributed by atoms with Gasteiger partial charge in [0.15, 0.2) is 0 Å². The number of aliphatic hydroxyl groups excluding tert-OH is 1. The molecule has 6 nitrogen and oxygen atoms in total. The Morgan fingerprint density at radius 2 is 1.72 bits per heavy atom. The van der Waals surface area contributed by atoms with Crippen molar-refractivity contribution >= 4 is 33.8 Å². The van der Waals surface area contributed by atoms with Crippen molar-refractivity contribution in [3.8, 4) is 11.3 Å². The summed E-state index contributed by atoms with van der Waals surface area (Å²) in [5.74, 6) is 0.0966. The Labute approximate surface area is 176 Å². The van der Waals surface area contributed by atoms with Crippen molar-refractivity contribution in [2.75, 3.05) is 13.2 Å². The fourth-order valence-electron chi connectivity index (χ4n) is 2.55. The maximum atomic E-state index is 12.5. The van der Waals surface area contributed by atoms with Gasteiger partial charge in [0.1, 0.15) is 17.2 Å². The number of carbonyl (C=O) groups excluding carboxylic acids is 2. The number of amides is 2. The van der Waals surface area contributed by atoms with Crippen molar-refractivity contribution in [2.24, 2.45) is 0 Å². The third kappa shape index (κ3) is 5.66. The van der Waals surface area contributed by atoms with Crippen LogP contribution in [0.2, 0.25) is 0 Å². The van der Waals surface area contributed by atoms with Crippen molar-refractivity contribution in [3.63, 3.8) is 0 Å². The van der Waals surface area contributed by atoms with Gasteiger partial charge >= 0.3 is 0 Å². The van der Waals surface area contributed by atoms with Gasteiger partial charge in [0.2, 0.25) is 0 Å². The Morgan fingerprint density at radius 3 is 2.41 bits per heavy atom. The van der Waals surface area contributed by atoms with Gasteiger partial charge in [-0.2, -0.15) is 0 Å². The second-order valence-corrected chi connectivity index (χ2v) is 6.98. The standard InChI is InChI=1S/C22H19BrN2O4/c23-17-8-6-15(7-9-17)20-11-10-18(29-20)14-19(22(28)24-12-13-26)25-21(27)16-4-2-1-3-5-16/h1-11,14,26H,12-13H2,(H,24,28)(H,25,27)/b19-14+. The minimum atomic E-state index is -0.523. The number of hydrogen-bond acceptors (Lipinski definition) is 4. The molecule has 0 aliphatic rings. The number of aliphatic hydroxyl groups is 1. The predicted molar refractivity (Wildman–Crippen MR) is 114 cm³/mol. The highest BCUT2D eigenvalue weighted by molar-refractivity contribution is 9.10. The van der Waals surface area contributed by atoms with Crippen molar-refractivity contribution in [3.05, 3.63) is 88.2 Å². The Morgan fingerprint density at radius 1 is 1.00 bits per heavy atom. The van der Waals surface area contributed by atoms with E-state index in [0.29, 0.717) is 17.1 Å². The molecule has 0 atom stereocenters. The van der Waals surface area contributed by atoms with E-state index in [0.717, 1.165) is 10.0 Å². The molecule has 3 rings (SSSR count). The lowest BCUT2D eigenvalue weighted by Crippen LogP contribution is -2.36. The highest BCUT2D eigenvalue weighted by Gasteiger charge is 2.15. The maximum absolute atomic E-state index is 12.5. The third-order valence-electron chi connectivity index (χ3n) is 3.97. The number of halogens is 1. The molecule has 0 aliphatic heterocycles. The van der Waals surface area contributed by atoms with Crippen LogP contribution in [0.15, 0.2) is 81.3 Å². The summed E-state index contributed by atoms with van der Waals surface area (Å²) < 4.78 is 6.77. The third-order valence-corrected chi connectivity index (χ3v) is 4.50. The van der Waals surface area contributed by atoms with E-state index in [4.69, 9.17) is 9.52 Å². The molecule has 3 aromatic rings. The minimum Gasteiger partial charge on any atom is -0.457 e. The molecule has 1 aromatic heterocycles. The van der Waals surface area contributed by atoms with E-state index < -0.39 is 11.8 Å². The van der Waals surface area contributed by atoms with Crippen LogP contribution in [-0.2, 0) is 4.79 Å². The minimum absolute atomic E-state index is 0.0176. The number of nitrogens with one attached hydrogen (secondary N) is 2. The van der Waals surface area contributed by atoms with E-state index in [1.807, 2.05) is 24.3 Å². The zero-order chi connectivity index (χ0) is 20.6. The molecule has 0 unspecified atom stereocenters. The molecule has 0 spiro atoms. The summed E-state index contributed by atoms with van der Waals surface area (Å²) in [6, 6.07) is 19.7. The maximum Gasteiger partial charge on any atom is 0.268 e. The van der Waals surface area contributed by atoms with Crippen LogP contribution >= 0.6 is 15.9 Å². The molecule has 7 heteroatoms. The summed E-state index contributed by atoms with van der Waals surface area (Å²) in [7, 11) is 0. The summed E-state index contributed by atoms with van der Waals surface area (Å²) in [6.07, 6.45) is 1.45. The van der Waals surface area contributed by atoms with E-state index in [2.05, 4.69) is 26.6 Å². The van der Waals surface area contributed by atoms with Gasteiger partial charge < -0.3 is 20.2 Å². The average Bonchev–Trinajstić information content (AvgIpc) is 3.21. The first-order valence-corrected chi connectivity index (χ1v) is 9.69. The van der Waals surface area contributed by atoms with Gasteiger partial charge in [-0.1, -0.05) is 46.3 Å². The van der Waals surface area contributed by atoms with Crippen LogP contribution < -0.4 is 10.6 Å². The molecule has 2 aromatic carbocycles. The lowest BCUT2D eigenvalue weighted by atomic mass is 10.2. The summed E-state index contributed by atoms with van der Waals surface area (Å²) in [5.41, 5.74) is 1.32. The number of benzene rings is 2. The average molecular weight is 455 g/mol. The van der Waals surface area contributed by atoms with E-state index in [9.17, 15) is 9.59 Å². The summed E-state index contributed by atoms with van der Waals surface area (Å²) >= 11 is 3.39. The number of hydrogen-bond donors (Lipinski definition) is 3. The molecular formula is C22H19BrN2O4. The van der Waals surface area contributed by atoms with Gasteiger partial charge in [0.05, 0.1) is 6.61 Å². The monoisotopic (exact) mass is 454 g/mol. The van der Waals surface area contributed by atoms with E-state index in [1.165, 1.54) is 6.08 Å². The van der Waals surface area contributed by atoms with E-state index >= 15 is 0 Å². The SMILES string of the molecule is O=C(NCCO)/C(=C\c1ccc(-c2ccc(Br)cc2)o1)NC(=O)c1ccccc1. The lowest BCUT2D eigenvalue weighted by Gasteiger charge is -2.10. The van der Waals surface area contributed by atoms with E-state index in [1.54, 1.807) is 42.5 Å². The van der Waals surface area contributed by atoms with Gasteiger partial charge in [0.25, 0.3) is 11.8 Å². The van der Waals surface area contributed by atoms with Crippen LogP contribution in [0.5, 0.6) is 0 Å². The highest BCUT2D eigenvalue weighted by Crippen LogP contribution is 2.25. The van der Waals surface area contributed by atoms with Gasteiger partial charge in [0, 0.05) is 28.2 Å². The molecule has 29 heavy (non-hydrogen) atoms. The number of rotatable bonds is 7. The number of furan rings is 1. The summed E-state index contributed by atoms with van der Waals surface area (Å²) in [6.45, 7) is -0.139. The normalized spacial score (nSPS) is 11.2. The summed E-state index contributed by atoms with van der Waals surface area (Å²) in [5, 5.41) is 14.1. The topological polar surface area (TPSA) is 91.6 Å². The Hall–Kier alpha value is -3.16. The molecule has 0 bridgehead atoms. The molecule has 148 valence electrons. The Bertz CT molecular complexity index is 1010. The van der Waals surface area contributed by atoms with Crippen LogP contribution in [0, 0.1) is 0 Å². The van der Waals surface area contributed by atoms with E-state index in [-0.39, 0.29) is 18.8 Å². The smallest absolute Gasteiger partial charge is 0.268 e. The van der Waals surface area contributed by atoms with Crippen LogP contribution in [0.4, 0.5) is 0 Å². The zero-order valence-electron chi connectivity index (χ0n) is 15.4. The summed E-state index contributed by atoms with van der Waals surface area (Å²) in [4.78, 5) is 24.9. The van der Waals surface area contributed by atoms with Crippen LogP contribution in [0.25, 0.3) is 17.4 Å². The molecule has 0 aliphatic carbocycles. The van der Waals surface area contributed by atoms with Crippen LogP contribution in [0.1, 0.15) is 16.1 Å². The molecule has 2 amide bonds. The molecule has 0 saturated carbocycles. The first kappa shape index (κ1) is 20.6. The van der Waals surface area contributed by atoms with Gasteiger partial charge in [-0.05, 0) is 36.4 Å². The largest absolute Gasteiger partial charge is 0.457 e. The fourth-order valence-corrected chi connectivity index (χ4v) is 2.81. The lowest BCUT2D eigenvalue weighted by molar-refractivity contribution is -0.117.